The Labute approximate surface area is 128 Å². The summed E-state index contributed by atoms with van der Waals surface area (Å²) in [6, 6.07) is 0. The van der Waals surface area contributed by atoms with E-state index in [0.717, 1.165) is 19.3 Å². The van der Waals surface area contributed by atoms with Gasteiger partial charge in [0.1, 0.15) is 0 Å². The number of carbonyl (C=O) groups is 1. The van der Waals surface area contributed by atoms with Gasteiger partial charge >= 0.3 is 0 Å². The van der Waals surface area contributed by atoms with Gasteiger partial charge in [-0.15, -0.1) is 0 Å². The number of rotatable bonds is 7. The minimum Gasteiger partial charge on any atom is -0.312 e. The SMILES string of the molecule is [B]C(=O)C(CCC(C)CC(C)(C)C)C(C)CC(C)(C)C. The van der Waals surface area contributed by atoms with Crippen LogP contribution in [0.1, 0.15) is 81.1 Å². The molecule has 2 heteroatoms. The zero-order valence-electron chi connectivity index (χ0n) is 15.0. The largest absolute Gasteiger partial charge is 0.312 e. The third kappa shape index (κ3) is 9.61. The summed E-state index contributed by atoms with van der Waals surface area (Å²) in [5.74, 6) is 1.05. The molecule has 0 aromatic heterocycles. The molecule has 0 amide bonds. The van der Waals surface area contributed by atoms with Crippen LogP contribution in [0.3, 0.4) is 0 Å². The summed E-state index contributed by atoms with van der Waals surface area (Å²) in [4.78, 5) is 11.7. The van der Waals surface area contributed by atoms with Gasteiger partial charge in [0.25, 0.3) is 0 Å². The summed E-state index contributed by atoms with van der Waals surface area (Å²) >= 11 is 0. The second-order valence-electron chi connectivity index (χ2n) is 9.20. The summed E-state index contributed by atoms with van der Waals surface area (Å²) in [5, 5.41) is 0. The van der Waals surface area contributed by atoms with Gasteiger partial charge in [-0.25, -0.2) is 0 Å². The molecule has 0 heterocycles. The second kappa shape index (κ2) is 7.66. The van der Waals surface area contributed by atoms with Crippen molar-refractivity contribution in [3.63, 3.8) is 0 Å². The molecule has 116 valence electrons. The fourth-order valence-electron chi connectivity index (χ4n) is 3.43. The lowest BCUT2D eigenvalue weighted by molar-refractivity contribution is -0.117. The first-order valence-corrected chi connectivity index (χ1v) is 8.11. The van der Waals surface area contributed by atoms with Crippen molar-refractivity contribution in [2.24, 2.45) is 28.6 Å². The Morgan fingerprint density at radius 3 is 1.70 bits per heavy atom. The molecule has 0 aromatic carbocycles. The highest BCUT2D eigenvalue weighted by atomic mass is 16.1. The molecule has 0 aliphatic rings. The van der Waals surface area contributed by atoms with Crippen molar-refractivity contribution < 1.29 is 4.79 Å². The van der Waals surface area contributed by atoms with Crippen molar-refractivity contribution in [1.82, 2.24) is 0 Å². The maximum Gasteiger partial charge on any atom is 0.168 e. The lowest BCUT2D eigenvalue weighted by Gasteiger charge is -2.30. The molecule has 0 saturated heterocycles. The van der Waals surface area contributed by atoms with Crippen molar-refractivity contribution in [2.45, 2.75) is 81.1 Å². The molecule has 3 atom stereocenters. The number of hydrogen-bond donors (Lipinski definition) is 0. The average molecular weight is 278 g/mol. The van der Waals surface area contributed by atoms with Crippen LogP contribution in [-0.2, 0) is 4.79 Å². The molecular formula is C18H35BO. The molecule has 0 bridgehead atoms. The van der Waals surface area contributed by atoms with Gasteiger partial charge in [-0.3, -0.25) is 0 Å². The summed E-state index contributed by atoms with van der Waals surface area (Å²) in [7, 11) is 5.63. The Kier molecular flexibility index (Phi) is 7.56. The van der Waals surface area contributed by atoms with E-state index < -0.39 is 0 Å². The highest BCUT2D eigenvalue weighted by Gasteiger charge is 2.26. The zero-order chi connectivity index (χ0) is 16.1. The van der Waals surface area contributed by atoms with Gasteiger partial charge in [0.2, 0.25) is 0 Å². The van der Waals surface area contributed by atoms with E-state index in [-0.39, 0.29) is 17.0 Å². The molecule has 0 rings (SSSR count). The van der Waals surface area contributed by atoms with Gasteiger partial charge in [0.05, 0.1) is 5.68 Å². The number of hydrogen-bond acceptors (Lipinski definition) is 1. The van der Waals surface area contributed by atoms with Crippen molar-refractivity contribution in [1.29, 1.82) is 0 Å². The highest BCUT2D eigenvalue weighted by Crippen LogP contribution is 2.33. The molecule has 1 nitrogen and oxygen atoms in total. The first kappa shape index (κ1) is 19.7. The molecule has 0 N–H and O–H groups in total. The van der Waals surface area contributed by atoms with Crippen molar-refractivity contribution in [3.05, 3.63) is 0 Å². The van der Waals surface area contributed by atoms with E-state index in [1.807, 2.05) is 0 Å². The molecule has 20 heavy (non-hydrogen) atoms. The fraction of sp³-hybridized carbons (Fsp3) is 0.944. The summed E-state index contributed by atoms with van der Waals surface area (Å²) in [6.45, 7) is 18.0. The van der Waals surface area contributed by atoms with Crippen molar-refractivity contribution in [3.8, 4) is 0 Å². The Balaban J connectivity index is 4.46. The highest BCUT2D eigenvalue weighted by molar-refractivity contribution is 6.58. The predicted molar refractivity (Wildman–Crippen MR) is 90.0 cm³/mol. The van der Waals surface area contributed by atoms with Crippen LogP contribution in [0.2, 0.25) is 0 Å². The van der Waals surface area contributed by atoms with Gasteiger partial charge in [-0.05, 0) is 41.9 Å². The molecular weight excluding hydrogens is 243 g/mol. The van der Waals surface area contributed by atoms with E-state index in [9.17, 15) is 4.79 Å². The van der Waals surface area contributed by atoms with Gasteiger partial charge in [-0.1, -0.05) is 61.8 Å². The zero-order valence-corrected chi connectivity index (χ0v) is 15.0. The standard InChI is InChI=1S/C18H35BO/c1-13(11-17(3,4)5)9-10-15(16(19)20)14(2)12-18(6,7)8/h13-15H,9-12H2,1-8H3. The lowest BCUT2D eigenvalue weighted by Crippen LogP contribution is -2.26. The molecule has 3 unspecified atom stereocenters. The molecule has 0 saturated carbocycles. The van der Waals surface area contributed by atoms with Gasteiger partial charge < -0.3 is 4.79 Å². The van der Waals surface area contributed by atoms with Crippen LogP contribution in [0, 0.1) is 28.6 Å². The van der Waals surface area contributed by atoms with E-state index in [1.54, 1.807) is 0 Å². The van der Waals surface area contributed by atoms with Gasteiger partial charge in [0.15, 0.2) is 7.85 Å². The third-order valence-corrected chi connectivity index (χ3v) is 3.92. The molecule has 0 aromatic rings. The van der Waals surface area contributed by atoms with Crippen LogP contribution in [-0.4, -0.2) is 13.5 Å². The van der Waals surface area contributed by atoms with Crippen LogP contribution in [0.5, 0.6) is 0 Å². The summed E-state index contributed by atoms with van der Waals surface area (Å²) < 4.78 is 0. The monoisotopic (exact) mass is 278 g/mol. The van der Waals surface area contributed by atoms with Crippen molar-refractivity contribution >= 4 is 13.5 Å². The Morgan fingerprint density at radius 1 is 0.900 bits per heavy atom. The van der Waals surface area contributed by atoms with E-state index >= 15 is 0 Å². The molecule has 0 spiro atoms. The van der Waals surface area contributed by atoms with E-state index in [4.69, 9.17) is 7.85 Å². The van der Waals surface area contributed by atoms with Gasteiger partial charge in [0, 0.05) is 5.92 Å². The smallest absolute Gasteiger partial charge is 0.168 e. The Hall–Kier alpha value is -0.265. The number of carbonyl (C=O) groups excluding carboxylic acids is 1. The summed E-state index contributed by atoms with van der Waals surface area (Å²) in [5.41, 5.74) is 0.493. The van der Waals surface area contributed by atoms with Crippen LogP contribution >= 0.6 is 0 Å². The average Bonchev–Trinajstić information content (AvgIpc) is 2.10. The lowest BCUT2D eigenvalue weighted by atomic mass is 9.71. The van der Waals surface area contributed by atoms with Crippen LogP contribution in [0.4, 0.5) is 0 Å². The van der Waals surface area contributed by atoms with E-state index in [2.05, 4.69) is 55.4 Å². The second-order valence-corrected chi connectivity index (χ2v) is 9.20. The molecule has 0 aliphatic heterocycles. The molecule has 0 fully saturated rings. The summed E-state index contributed by atoms with van der Waals surface area (Å²) in [6.07, 6.45) is 4.28. The predicted octanol–water partition coefficient (Wildman–Crippen LogP) is 5.22. The van der Waals surface area contributed by atoms with Gasteiger partial charge in [-0.2, -0.15) is 0 Å². The topological polar surface area (TPSA) is 17.1 Å². The van der Waals surface area contributed by atoms with E-state index in [1.165, 1.54) is 6.42 Å². The van der Waals surface area contributed by atoms with E-state index in [0.29, 0.717) is 17.3 Å². The quantitative estimate of drug-likeness (QED) is 0.583. The fourth-order valence-corrected chi connectivity index (χ4v) is 3.43. The first-order valence-electron chi connectivity index (χ1n) is 8.11. The Morgan fingerprint density at radius 2 is 1.35 bits per heavy atom. The molecule has 0 aliphatic carbocycles. The maximum absolute atomic E-state index is 11.7. The van der Waals surface area contributed by atoms with Crippen LogP contribution in [0.25, 0.3) is 0 Å². The Bertz CT molecular complexity index is 296. The third-order valence-electron chi connectivity index (χ3n) is 3.92. The minimum absolute atomic E-state index is 0.0247. The first-order chi connectivity index (χ1) is 8.82. The van der Waals surface area contributed by atoms with Crippen LogP contribution in [0.15, 0.2) is 0 Å². The molecule has 2 radical (unpaired) electrons. The maximum atomic E-state index is 11.7. The minimum atomic E-state index is -0.121. The normalized spacial score (nSPS) is 17.6. The van der Waals surface area contributed by atoms with Crippen LogP contribution < -0.4 is 0 Å². The van der Waals surface area contributed by atoms with Crippen molar-refractivity contribution in [2.75, 3.05) is 0 Å².